The van der Waals surface area contributed by atoms with Crippen LogP contribution in [0.4, 0.5) is 0 Å². The molecule has 0 aromatic heterocycles. The standard InChI is InChI=1S/C56H101N2O22P/c1-19-32(60)22-38(62)57-43-47(78-41(65)24-36(61)55(15,16)28-52(6,7)8)45(67)35(75-49(43)68)27-73-50-44(58-39(63)23-33(74-40(64)20-2)31(5)21-30(3)4)48(46(34(26-59)76-50)80-81(70,71)72)79-42(66)25-37(77-51(69)54(12,13)14)56(17,18)29-53(9,10)11/h30-37,43-50,59-61,67-68H,19-29H2,1-18H3,(H,57,62)(H,58,63)(H2,70,71,72)/t31?,32-,33+,34?,35?,36+,37+,43?,44?,45?,46?,47?,48?,49?,50?/m1/s1. The predicted molar refractivity (Wildman–Crippen MR) is 294 cm³/mol. The molecule has 0 aliphatic carbocycles. The third-order valence-corrected chi connectivity index (χ3v) is 14.6. The van der Waals surface area contributed by atoms with Gasteiger partial charge in [-0.3, -0.25) is 33.3 Å². The van der Waals surface area contributed by atoms with Crippen molar-refractivity contribution in [2.45, 2.75) is 268 Å². The van der Waals surface area contributed by atoms with Gasteiger partial charge in [0.15, 0.2) is 24.8 Å². The maximum atomic E-state index is 14.5. The number of amides is 2. The van der Waals surface area contributed by atoms with E-state index < -0.39 is 190 Å². The van der Waals surface area contributed by atoms with E-state index in [4.69, 9.17) is 37.7 Å². The fourth-order valence-electron chi connectivity index (χ4n) is 10.6. The van der Waals surface area contributed by atoms with Crippen LogP contribution in [0.3, 0.4) is 0 Å². The molecule has 11 unspecified atom stereocenters. The van der Waals surface area contributed by atoms with E-state index in [2.05, 4.69) is 10.6 Å². The van der Waals surface area contributed by atoms with Crippen LogP contribution < -0.4 is 10.6 Å². The van der Waals surface area contributed by atoms with Gasteiger partial charge in [0, 0.05) is 11.8 Å². The Balaban J connectivity index is 2.84. The van der Waals surface area contributed by atoms with Crippen molar-refractivity contribution in [3.63, 3.8) is 0 Å². The van der Waals surface area contributed by atoms with Crippen molar-refractivity contribution in [2.24, 2.45) is 38.9 Å². The molecule has 2 amide bonds. The number of hydrogen-bond donors (Lipinski definition) is 9. The second-order valence-electron chi connectivity index (χ2n) is 27.2. The van der Waals surface area contributed by atoms with Gasteiger partial charge in [-0.15, -0.1) is 0 Å². The first-order chi connectivity index (χ1) is 36.8. The molecule has 81 heavy (non-hydrogen) atoms. The number of phosphoric acid groups is 1. The van der Waals surface area contributed by atoms with Crippen LogP contribution in [0.5, 0.6) is 0 Å². The summed E-state index contributed by atoms with van der Waals surface area (Å²) in [4.78, 5) is 103. The Kier molecular flexibility index (Phi) is 27.9. The predicted octanol–water partition coefficient (Wildman–Crippen LogP) is 4.65. The lowest BCUT2D eigenvalue weighted by atomic mass is 9.72. The summed E-state index contributed by atoms with van der Waals surface area (Å²) in [6, 6.07) is -3.54. The number of carbonyl (C=O) groups excluding carboxylic acids is 6. The molecule has 2 saturated heterocycles. The minimum atomic E-state index is -5.60. The molecular formula is C56H101N2O22P. The molecule has 2 rings (SSSR count). The van der Waals surface area contributed by atoms with Crippen molar-refractivity contribution in [3.05, 3.63) is 0 Å². The third-order valence-electron chi connectivity index (χ3n) is 14.0. The van der Waals surface area contributed by atoms with E-state index in [1.54, 1.807) is 69.2 Å². The van der Waals surface area contributed by atoms with Crippen LogP contribution in [-0.4, -0.2) is 170 Å². The van der Waals surface area contributed by atoms with Crippen LogP contribution in [-0.2, 0) is 71.0 Å². The number of carbonyl (C=O) groups is 6. The molecule has 0 spiro atoms. The van der Waals surface area contributed by atoms with Crippen molar-refractivity contribution in [1.29, 1.82) is 0 Å². The summed E-state index contributed by atoms with van der Waals surface area (Å²) in [6.07, 6.45) is -20.7. The Bertz CT molecular complexity index is 2100. The number of rotatable bonds is 29. The third kappa shape index (κ3) is 25.0. The molecule has 2 heterocycles. The molecule has 2 aliphatic rings. The zero-order chi connectivity index (χ0) is 62.6. The minimum absolute atomic E-state index is 0.0317. The fraction of sp³-hybridized carbons (Fsp3) is 0.893. The van der Waals surface area contributed by atoms with Crippen molar-refractivity contribution < 1.29 is 106 Å². The largest absolute Gasteiger partial charge is 0.470 e. The molecule has 0 aromatic rings. The van der Waals surface area contributed by atoms with Crippen LogP contribution in [0.25, 0.3) is 0 Å². The summed E-state index contributed by atoms with van der Waals surface area (Å²) < 4.78 is 59.5. The Morgan fingerprint density at radius 3 is 1.69 bits per heavy atom. The molecule has 15 atom stereocenters. The molecule has 9 N–H and O–H groups in total. The molecular weight excluding hydrogens is 1080 g/mol. The van der Waals surface area contributed by atoms with Gasteiger partial charge in [-0.05, 0) is 74.5 Å². The number of nitrogens with one attached hydrogen (secondary N) is 2. The molecule has 0 radical (unpaired) electrons. The molecule has 0 saturated carbocycles. The average molecular weight is 1190 g/mol. The Hall–Kier alpha value is -3.39. The second-order valence-corrected chi connectivity index (χ2v) is 28.4. The molecule has 0 bridgehead atoms. The lowest BCUT2D eigenvalue weighted by molar-refractivity contribution is -0.299. The number of esters is 4. The van der Waals surface area contributed by atoms with E-state index in [0.717, 1.165) is 0 Å². The Morgan fingerprint density at radius 1 is 0.654 bits per heavy atom. The first-order valence-electron chi connectivity index (χ1n) is 28.2. The number of aliphatic hydroxyl groups is 5. The summed E-state index contributed by atoms with van der Waals surface area (Å²) in [6.45, 7) is 30.6. The quantitative estimate of drug-likeness (QED) is 0.0280. The van der Waals surface area contributed by atoms with E-state index in [9.17, 15) is 68.7 Å². The lowest BCUT2D eigenvalue weighted by Crippen LogP contribution is -2.68. The summed E-state index contributed by atoms with van der Waals surface area (Å²) >= 11 is 0. The van der Waals surface area contributed by atoms with E-state index >= 15 is 0 Å². The number of hydrogen-bond acceptors (Lipinski definition) is 20. The first-order valence-corrected chi connectivity index (χ1v) is 29.7. The fourth-order valence-corrected chi connectivity index (χ4v) is 11.2. The summed E-state index contributed by atoms with van der Waals surface area (Å²) in [5.74, 6) is -5.45. The van der Waals surface area contributed by atoms with Crippen molar-refractivity contribution in [1.82, 2.24) is 10.6 Å². The van der Waals surface area contributed by atoms with Crippen molar-refractivity contribution in [2.75, 3.05) is 13.2 Å². The highest BCUT2D eigenvalue weighted by Crippen LogP contribution is 2.44. The zero-order valence-electron chi connectivity index (χ0n) is 51.2. The monoisotopic (exact) mass is 1180 g/mol. The van der Waals surface area contributed by atoms with Crippen LogP contribution in [0.2, 0.25) is 0 Å². The SMILES string of the molecule is CCC(=O)O[C@@H](CC(=O)NC1C(OCC2OC(O)C(NC(=O)C[C@H](O)CC)C(OC(=O)C[C@H](O)C(C)(C)CC(C)(C)C)C2O)OC(CO)C(OP(=O)(O)O)C1OC(=O)C[C@H](OC(=O)C(C)(C)C)C(C)(C)CC(C)(C)C)C(C)CC(C)C. The van der Waals surface area contributed by atoms with Gasteiger partial charge >= 0.3 is 31.7 Å². The number of phosphoric ester groups is 1. The second kappa shape index (κ2) is 30.6. The van der Waals surface area contributed by atoms with E-state index in [1.807, 2.05) is 55.4 Å². The van der Waals surface area contributed by atoms with Crippen molar-refractivity contribution in [3.8, 4) is 0 Å². The van der Waals surface area contributed by atoms with Gasteiger partial charge in [-0.1, -0.05) is 104 Å². The van der Waals surface area contributed by atoms with Gasteiger partial charge in [-0.25, -0.2) is 4.57 Å². The highest BCUT2D eigenvalue weighted by molar-refractivity contribution is 7.46. The number of aliphatic hydroxyl groups excluding tert-OH is 5. The van der Waals surface area contributed by atoms with Crippen molar-refractivity contribution >= 4 is 43.5 Å². The number of ether oxygens (including phenoxy) is 7. The summed E-state index contributed by atoms with van der Waals surface area (Å²) in [5.41, 5.74) is -3.39. The van der Waals surface area contributed by atoms with Crippen LogP contribution >= 0.6 is 7.82 Å². The maximum absolute atomic E-state index is 14.5. The Morgan fingerprint density at radius 2 is 1.19 bits per heavy atom. The van der Waals surface area contributed by atoms with E-state index in [1.165, 1.54) is 0 Å². The molecule has 24 nitrogen and oxygen atoms in total. The summed E-state index contributed by atoms with van der Waals surface area (Å²) in [5, 5.41) is 60.9. The van der Waals surface area contributed by atoms with Gasteiger partial charge < -0.3 is 79.1 Å². The van der Waals surface area contributed by atoms with Gasteiger partial charge in [0.05, 0.1) is 56.5 Å². The average Bonchev–Trinajstić information content (AvgIpc) is 3.29. The normalized spacial score (nSPS) is 26.1. The molecule has 25 heteroatoms. The van der Waals surface area contributed by atoms with Crippen LogP contribution in [0.1, 0.15) is 182 Å². The summed E-state index contributed by atoms with van der Waals surface area (Å²) in [7, 11) is -5.60. The molecule has 472 valence electrons. The lowest BCUT2D eigenvalue weighted by Gasteiger charge is -2.46. The van der Waals surface area contributed by atoms with Crippen LogP contribution in [0, 0.1) is 38.9 Å². The highest BCUT2D eigenvalue weighted by Gasteiger charge is 2.55. The van der Waals surface area contributed by atoms with E-state index in [-0.39, 0.29) is 29.6 Å². The van der Waals surface area contributed by atoms with E-state index in [0.29, 0.717) is 19.3 Å². The van der Waals surface area contributed by atoms with Crippen LogP contribution in [0.15, 0.2) is 0 Å². The van der Waals surface area contributed by atoms with Gasteiger partial charge in [-0.2, -0.15) is 0 Å². The van der Waals surface area contributed by atoms with Gasteiger partial charge in [0.1, 0.15) is 48.7 Å². The minimum Gasteiger partial charge on any atom is -0.462 e. The molecule has 2 fully saturated rings. The highest BCUT2D eigenvalue weighted by atomic mass is 31.2. The molecule has 0 aromatic carbocycles. The first kappa shape index (κ1) is 73.7. The Labute approximate surface area is 479 Å². The smallest absolute Gasteiger partial charge is 0.462 e. The topological polar surface area (TPSA) is 359 Å². The van der Waals surface area contributed by atoms with Gasteiger partial charge in [0.25, 0.3) is 0 Å². The van der Waals surface area contributed by atoms with Gasteiger partial charge in [0.2, 0.25) is 11.8 Å². The zero-order valence-corrected chi connectivity index (χ0v) is 52.1. The molecule has 2 aliphatic heterocycles. The maximum Gasteiger partial charge on any atom is 0.470 e.